The number of nitrogens with zero attached hydrogens (tertiary/aromatic N) is 2. The van der Waals surface area contributed by atoms with Crippen LogP contribution < -0.4 is 20.7 Å². The quantitative estimate of drug-likeness (QED) is 0.336. The average molecular weight is 498 g/mol. The smallest absolute Gasteiger partial charge is 0.325 e. The van der Waals surface area contributed by atoms with Crippen LogP contribution in [0.1, 0.15) is 47.2 Å². The lowest BCUT2D eigenvalue weighted by molar-refractivity contribution is 0.102. The molecule has 4 aromatic rings. The van der Waals surface area contributed by atoms with Crippen LogP contribution in [0.5, 0.6) is 11.5 Å². The minimum atomic E-state index is -0.215. The van der Waals surface area contributed by atoms with Gasteiger partial charge in [-0.3, -0.25) is 9.36 Å². The number of carbonyl (C=O) groups is 2. The number of benzene rings is 2. The molecule has 1 aliphatic heterocycles. The Labute approximate surface area is 216 Å². The summed E-state index contributed by atoms with van der Waals surface area (Å²) in [6.45, 7) is 4.11. The van der Waals surface area contributed by atoms with Crippen LogP contribution in [0, 0.1) is 0 Å². The van der Waals surface area contributed by atoms with Crippen LogP contribution in [0.25, 0.3) is 10.9 Å². The van der Waals surface area contributed by atoms with Crippen molar-refractivity contribution in [3.8, 4) is 11.5 Å². The highest BCUT2D eigenvalue weighted by molar-refractivity contribution is 6.03. The van der Waals surface area contributed by atoms with E-state index >= 15 is 0 Å². The maximum absolute atomic E-state index is 12.9. The monoisotopic (exact) mass is 497 g/mol. The van der Waals surface area contributed by atoms with Crippen molar-refractivity contribution in [2.24, 2.45) is 0 Å². The summed E-state index contributed by atoms with van der Waals surface area (Å²) in [4.78, 5) is 29.3. The van der Waals surface area contributed by atoms with Gasteiger partial charge in [-0.1, -0.05) is 19.1 Å². The Bertz CT molecular complexity index is 1420. The molecular weight excluding hydrogens is 466 g/mol. The number of anilines is 1. The lowest BCUT2D eigenvalue weighted by atomic mass is 9.90. The maximum atomic E-state index is 12.9. The number of pyridine rings is 1. The molecule has 0 atom stereocenters. The van der Waals surface area contributed by atoms with Gasteiger partial charge >= 0.3 is 6.03 Å². The van der Waals surface area contributed by atoms with Crippen molar-refractivity contribution >= 4 is 28.7 Å². The molecule has 2 aromatic carbocycles. The Morgan fingerprint density at radius 3 is 2.59 bits per heavy atom. The number of fused-ring (bicyclic) bond motifs is 1. The minimum absolute atomic E-state index is 0.193. The van der Waals surface area contributed by atoms with Crippen molar-refractivity contribution < 1.29 is 14.3 Å². The summed E-state index contributed by atoms with van der Waals surface area (Å²) in [6, 6.07) is 16.9. The van der Waals surface area contributed by atoms with Gasteiger partial charge in [-0.05, 0) is 85.8 Å². The lowest BCUT2D eigenvalue weighted by Crippen LogP contribution is -2.26. The normalized spacial score (nSPS) is 13.9. The van der Waals surface area contributed by atoms with Crippen molar-refractivity contribution in [1.29, 1.82) is 0 Å². The van der Waals surface area contributed by atoms with Crippen LogP contribution in [0.4, 0.5) is 10.6 Å². The molecule has 0 aliphatic carbocycles. The molecule has 1 aliphatic rings. The Morgan fingerprint density at radius 2 is 1.86 bits per heavy atom. The Balaban J connectivity index is 1.31. The van der Waals surface area contributed by atoms with Crippen LogP contribution in [0.3, 0.4) is 0 Å². The number of amides is 2. The van der Waals surface area contributed by atoms with Crippen molar-refractivity contribution in [2.75, 3.05) is 25.5 Å². The first kappa shape index (κ1) is 24.5. The molecule has 8 nitrogen and oxygen atoms in total. The molecule has 1 fully saturated rings. The van der Waals surface area contributed by atoms with Gasteiger partial charge in [0.1, 0.15) is 17.3 Å². The number of ether oxygens (including phenoxy) is 1. The molecule has 1 saturated heterocycles. The Morgan fingerprint density at radius 1 is 1.08 bits per heavy atom. The molecule has 3 heterocycles. The van der Waals surface area contributed by atoms with Crippen LogP contribution in [0.15, 0.2) is 67.0 Å². The number of carbonyl (C=O) groups excluding carboxylic acids is 2. The van der Waals surface area contributed by atoms with Gasteiger partial charge in [0.2, 0.25) is 0 Å². The molecule has 0 radical (unpaired) electrons. The fourth-order valence-corrected chi connectivity index (χ4v) is 4.79. The van der Waals surface area contributed by atoms with E-state index in [0.29, 0.717) is 28.8 Å². The van der Waals surface area contributed by atoms with Crippen molar-refractivity contribution in [2.45, 2.75) is 32.1 Å². The number of hydrogen-bond donors (Lipinski definition) is 3. The van der Waals surface area contributed by atoms with Gasteiger partial charge < -0.3 is 20.7 Å². The third kappa shape index (κ3) is 5.34. The first-order valence-corrected chi connectivity index (χ1v) is 12.7. The zero-order chi connectivity index (χ0) is 25.8. The highest BCUT2D eigenvalue weighted by Gasteiger charge is 2.16. The number of rotatable bonds is 6. The van der Waals surface area contributed by atoms with Gasteiger partial charge in [-0.2, -0.15) is 0 Å². The standard InChI is InChI=1S/C29H31N5O3/c1-3-19-16-25-23(11-15-34(25)29(36)30-2)17-26(19)37-24-10-14-32-27(18-24)33-28(35)22-6-4-20(5-7-22)21-8-12-31-13-9-21/h4-7,10-11,14-18,21,31H,3,8-9,12-13H2,1-2H3,(H,30,36)(H,32,33,35). The number of aromatic nitrogens is 2. The molecular formula is C29H31N5O3. The topological polar surface area (TPSA) is 97.3 Å². The minimum Gasteiger partial charge on any atom is -0.457 e. The van der Waals surface area contributed by atoms with Gasteiger partial charge in [0.25, 0.3) is 5.91 Å². The maximum Gasteiger partial charge on any atom is 0.325 e. The van der Waals surface area contributed by atoms with Gasteiger partial charge in [0.15, 0.2) is 0 Å². The van der Waals surface area contributed by atoms with E-state index in [2.05, 4.69) is 33.1 Å². The van der Waals surface area contributed by atoms with Gasteiger partial charge in [0.05, 0.1) is 5.52 Å². The lowest BCUT2D eigenvalue weighted by Gasteiger charge is -2.23. The van der Waals surface area contributed by atoms with Crippen LogP contribution >= 0.6 is 0 Å². The van der Waals surface area contributed by atoms with E-state index in [1.807, 2.05) is 37.3 Å². The fraction of sp³-hybridized carbons (Fsp3) is 0.276. The van der Waals surface area contributed by atoms with Crippen LogP contribution in [-0.2, 0) is 6.42 Å². The summed E-state index contributed by atoms with van der Waals surface area (Å²) in [7, 11) is 1.61. The fourth-order valence-electron chi connectivity index (χ4n) is 4.79. The zero-order valence-electron chi connectivity index (χ0n) is 21.1. The summed E-state index contributed by atoms with van der Waals surface area (Å²) in [5, 5.41) is 9.81. The van der Waals surface area contributed by atoms with E-state index < -0.39 is 0 Å². The largest absolute Gasteiger partial charge is 0.457 e. The summed E-state index contributed by atoms with van der Waals surface area (Å²) in [6.07, 6.45) is 6.32. The third-order valence-electron chi connectivity index (χ3n) is 6.87. The molecule has 0 unspecified atom stereocenters. The highest BCUT2D eigenvalue weighted by Crippen LogP contribution is 2.32. The van der Waals surface area contributed by atoms with Crippen molar-refractivity contribution in [1.82, 2.24) is 20.2 Å². The summed E-state index contributed by atoms with van der Waals surface area (Å²) in [5.41, 5.74) is 3.65. The van der Waals surface area contributed by atoms with E-state index in [0.717, 1.165) is 48.8 Å². The molecule has 5 rings (SSSR count). The number of nitrogens with one attached hydrogen (secondary N) is 3. The summed E-state index contributed by atoms with van der Waals surface area (Å²) >= 11 is 0. The number of piperidine rings is 1. The van der Waals surface area contributed by atoms with E-state index in [1.54, 1.807) is 36.1 Å². The second-order valence-electron chi connectivity index (χ2n) is 9.19. The van der Waals surface area contributed by atoms with Gasteiger partial charge in [0, 0.05) is 36.5 Å². The van der Waals surface area contributed by atoms with Crippen LogP contribution in [-0.4, -0.2) is 41.6 Å². The molecule has 190 valence electrons. The van der Waals surface area contributed by atoms with E-state index in [-0.39, 0.29) is 11.9 Å². The third-order valence-corrected chi connectivity index (χ3v) is 6.87. The first-order chi connectivity index (χ1) is 18.1. The zero-order valence-corrected chi connectivity index (χ0v) is 21.1. The number of hydrogen-bond acceptors (Lipinski definition) is 5. The Hall–Kier alpha value is -4.17. The average Bonchev–Trinajstić information content (AvgIpc) is 3.35. The predicted octanol–water partition coefficient (Wildman–Crippen LogP) is 5.30. The summed E-state index contributed by atoms with van der Waals surface area (Å²) < 4.78 is 7.79. The summed E-state index contributed by atoms with van der Waals surface area (Å²) in [5.74, 6) is 2.00. The predicted molar refractivity (Wildman–Crippen MR) is 145 cm³/mol. The Kier molecular flexibility index (Phi) is 7.18. The SMILES string of the molecule is CCc1cc2c(ccn2C(=O)NC)cc1Oc1ccnc(NC(=O)c2ccc(C3CCNCC3)cc2)c1. The highest BCUT2D eigenvalue weighted by atomic mass is 16.5. The second-order valence-corrected chi connectivity index (χ2v) is 9.19. The molecule has 0 bridgehead atoms. The molecule has 2 aromatic heterocycles. The molecule has 3 N–H and O–H groups in total. The number of aryl methyl sites for hydroxylation is 1. The first-order valence-electron chi connectivity index (χ1n) is 12.7. The van der Waals surface area contributed by atoms with Crippen molar-refractivity contribution in [3.05, 3.63) is 83.7 Å². The molecule has 0 saturated carbocycles. The molecule has 8 heteroatoms. The van der Waals surface area contributed by atoms with E-state index in [9.17, 15) is 9.59 Å². The second kappa shape index (κ2) is 10.8. The van der Waals surface area contributed by atoms with Crippen molar-refractivity contribution in [3.63, 3.8) is 0 Å². The van der Waals surface area contributed by atoms with Gasteiger partial charge in [-0.15, -0.1) is 0 Å². The van der Waals surface area contributed by atoms with E-state index in [4.69, 9.17) is 4.74 Å². The molecule has 0 spiro atoms. The molecule has 2 amide bonds. The van der Waals surface area contributed by atoms with E-state index in [1.165, 1.54) is 5.56 Å². The molecule has 37 heavy (non-hydrogen) atoms. The van der Waals surface area contributed by atoms with Crippen LogP contribution in [0.2, 0.25) is 0 Å². The van der Waals surface area contributed by atoms with Gasteiger partial charge in [-0.25, -0.2) is 9.78 Å².